The molecule has 0 amide bonds. The molecule has 0 aliphatic carbocycles. The van der Waals surface area contributed by atoms with E-state index in [2.05, 4.69) is 0 Å². The molecular formula is C15H13ClO2. The molecule has 0 heterocycles. The van der Waals surface area contributed by atoms with E-state index in [1.807, 2.05) is 31.2 Å². The van der Waals surface area contributed by atoms with E-state index < -0.39 is 0 Å². The van der Waals surface area contributed by atoms with Gasteiger partial charge in [0.1, 0.15) is 12.4 Å². The van der Waals surface area contributed by atoms with Gasteiger partial charge in [-0.3, -0.25) is 4.79 Å². The third kappa shape index (κ3) is 2.90. The summed E-state index contributed by atoms with van der Waals surface area (Å²) in [6.07, 6.45) is 0.767. The summed E-state index contributed by atoms with van der Waals surface area (Å²) >= 11 is 5.89. The maximum absolute atomic E-state index is 10.9. The lowest BCUT2D eigenvalue weighted by molar-refractivity contribution is 0.111. The Morgan fingerprint density at radius 1 is 1.22 bits per heavy atom. The summed E-state index contributed by atoms with van der Waals surface area (Å²) in [6, 6.07) is 13.0. The van der Waals surface area contributed by atoms with Crippen LogP contribution in [0.3, 0.4) is 0 Å². The Morgan fingerprint density at radius 3 is 2.72 bits per heavy atom. The van der Waals surface area contributed by atoms with Gasteiger partial charge in [0.2, 0.25) is 0 Å². The normalized spacial score (nSPS) is 10.1. The van der Waals surface area contributed by atoms with E-state index >= 15 is 0 Å². The van der Waals surface area contributed by atoms with Crippen LogP contribution in [0.2, 0.25) is 5.02 Å². The summed E-state index contributed by atoms with van der Waals surface area (Å²) < 4.78 is 5.66. The standard InChI is InChI=1S/C15H13ClO2/c1-11-4-2-3-5-13(11)10-18-15-8-14(16)7-6-12(15)9-17/h2-9H,10H2,1H3. The molecule has 0 bridgehead atoms. The molecule has 2 aromatic rings. The second-order valence-electron chi connectivity index (χ2n) is 4.02. The topological polar surface area (TPSA) is 26.3 Å². The second kappa shape index (κ2) is 5.69. The molecule has 2 nitrogen and oxygen atoms in total. The zero-order chi connectivity index (χ0) is 13.0. The minimum absolute atomic E-state index is 0.424. The lowest BCUT2D eigenvalue weighted by Crippen LogP contribution is -2.00. The van der Waals surface area contributed by atoms with E-state index in [0.717, 1.165) is 17.4 Å². The van der Waals surface area contributed by atoms with Crippen LogP contribution >= 0.6 is 11.6 Å². The lowest BCUT2D eigenvalue weighted by Gasteiger charge is -2.10. The highest BCUT2D eigenvalue weighted by molar-refractivity contribution is 6.30. The van der Waals surface area contributed by atoms with Gasteiger partial charge < -0.3 is 4.74 Å². The fourth-order valence-corrected chi connectivity index (χ4v) is 1.82. The van der Waals surface area contributed by atoms with E-state index in [1.54, 1.807) is 18.2 Å². The van der Waals surface area contributed by atoms with Crippen molar-refractivity contribution in [2.24, 2.45) is 0 Å². The minimum atomic E-state index is 0.424. The molecule has 2 aromatic carbocycles. The van der Waals surface area contributed by atoms with Crippen molar-refractivity contribution >= 4 is 17.9 Å². The van der Waals surface area contributed by atoms with Gasteiger partial charge in [0.25, 0.3) is 0 Å². The molecule has 0 unspecified atom stereocenters. The number of rotatable bonds is 4. The molecular weight excluding hydrogens is 248 g/mol. The molecule has 0 radical (unpaired) electrons. The summed E-state index contributed by atoms with van der Waals surface area (Å²) in [5.41, 5.74) is 2.76. The molecule has 0 saturated carbocycles. The summed E-state index contributed by atoms with van der Waals surface area (Å²) in [4.78, 5) is 10.9. The molecule has 0 aliphatic rings. The van der Waals surface area contributed by atoms with E-state index in [9.17, 15) is 4.79 Å². The highest BCUT2D eigenvalue weighted by atomic mass is 35.5. The van der Waals surface area contributed by atoms with Gasteiger partial charge >= 0.3 is 0 Å². The van der Waals surface area contributed by atoms with Gasteiger partial charge in [0, 0.05) is 5.02 Å². The summed E-state index contributed by atoms with van der Waals surface area (Å²) in [5.74, 6) is 0.515. The Bertz CT molecular complexity index is 564. The molecule has 2 rings (SSSR count). The fraction of sp³-hybridized carbons (Fsp3) is 0.133. The first kappa shape index (κ1) is 12.7. The zero-order valence-electron chi connectivity index (χ0n) is 10.0. The van der Waals surface area contributed by atoms with Crippen LogP contribution in [0.4, 0.5) is 0 Å². The molecule has 0 spiro atoms. The quantitative estimate of drug-likeness (QED) is 0.776. The van der Waals surface area contributed by atoms with Gasteiger partial charge in [-0.15, -0.1) is 0 Å². The van der Waals surface area contributed by atoms with Crippen molar-refractivity contribution in [1.29, 1.82) is 0 Å². The average molecular weight is 261 g/mol. The van der Waals surface area contributed by atoms with Crippen molar-refractivity contribution in [1.82, 2.24) is 0 Å². The predicted octanol–water partition coefficient (Wildman–Crippen LogP) is 4.04. The smallest absolute Gasteiger partial charge is 0.153 e. The van der Waals surface area contributed by atoms with Gasteiger partial charge in [-0.25, -0.2) is 0 Å². The van der Waals surface area contributed by atoms with Crippen LogP contribution < -0.4 is 4.74 Å². The zero-order valence-corrected chi connectivity index (χ0v) is 10.8. The molecule has 3 heteroatoms. The van der Waals surface area contributed by atoms with Crippen LogP contribution in [0.1, 0.15) is 21.5 Å². The van der Waals surface area contributed by atoms with Crippen LogP contribution in [-0.2, 0) is 6.61 Å². The Kier molecular flexibility index (Phi) is 4.00. The van der Waals surface area contributed by atoms with E-state index in [-0.39, 0.29) is 0 Å². The van der Waals surface area contributed by atoms with Crippen molar-refractivity contribution in [2.45, 2.75) is 13.5 Å². The first-order valence-electron chi connectivity index (χ1n) is 5.63. The first-order valence-corrected chi connectivity index (χ1v) is 6.00. The van der Waals surface area contributed by atoms with Gasteiger partial charge in [0.05, 0.1) is 5.56 Å². The molecule has 0 aromatic heterocycles. The summed E-state index contributed by atoms with van der Waals surface area (Å²) in [6.45, 7) is 2.45. The molecule has 0 atom stereocenters. The molecule has 0 N–H and O–H groups in total. The highest BCUT2D eigenvalue weighted by Crippen LogP contribution is 2.23. The number of benzene rings is 2. The Hall–Kier alpha value is -1.80. The van der Waals surface area contributed by atoms with Crippen LogP contribution in [0.25, 0.3) is 0 Å². The number of hydrogen-bond donors (Lipinski definition) is 0. The molecule has 0 aliphatic heterocycles. The van der Waals surface area contributed by atoms with Crippen molar-refractivity contribution in [3.05, 3.63) is 64.2 Å². The summed E-state index contributed by atoms with van der Waals surface area (Å²) in [7, 11) is 0. The highest BCUT2D eigenvalue weighted by Gasteiger charge is 2.05. The number of hydrogen-bond acceptors (Lipinski definition) is 2. The largest absolute Gasteiger partial charge is 0.488 e. The van der Waals surface area contributed by atoms with Crippen LogP contribution in [0.15, 0.2) is 42.5 Å². The number of carbonyl (C=O) groups excluding carboxylic acids is 1. The summed E-state index contributed by atoms with van der Waals surface area (Å²) in [5, 5.41) is 0.556. The van der Waals surface area contributed by atoms with E-state index in [4.69, 9.17) is 16.3 Å². The molecule has 92 valence electrons. The average Bonchev–Trinajstić information content (AvgIpc) is 2.38. The van der Waals surface area contributed by atoms with Crippen LogP contribution in [-0.4, -0.2) is 6.29 Å². The predicted molar refractivity (Wildman–Crippen MR) is 72.4 cm³/mol. The number of ether oxygens (including phenoxy) is 1. The van der Waals surface area contributed by atoms with Gasteiger partial charge in [-0.1, -0.05) is 35.9 Å². The lowest BCUT2D eigenvalue weighted by atomic mass is 10.1. The molecule has 18 heavy (non-hydrogen) atoms. The number of aldehydes is 1. The maximum Gasteiger partial charge on any atom is 0.153 e. The third-order valence-electron chi connectivity index (χ3n) is 2.75. The fourth-order valence-electron chi connectivity index (χ4n) is 1.66. The maximum atomic E-state index is 10.9. The van der Waals surface area contributed by atoms with Crippen molar-refractivity contribution < 1.29 is 9.53 Å². The Morgan fingerprint density at radius 2 is 2.00 bits per heavy atom. The first-order chi connectivity index (χ1) is 8.70. The monoisotopic (exact) mass is 260 g/mol. The second-order valence-corrected chi connectivity index (χ2v) is 4.45. The van der Waals surface area contributed by atoms with Crippen LogP contribution in [0.5, 0.6) is 5.75 Å². The van der Waals surface area contributed by atoms with Gasteiger partial charge in [-0.2, -0.15) is 0 Å². The van der Waals surface area contributed by atoms with Crippen molar-refractivity contribution in [3.63, 3.8) is 0 Å². The Labute approximate surface area is 111 Å². The van der Waals surface area contributed by atoms with Crippen molar-refractivity contribution in [3.8, 4) is 5.75 Å². The third-order valence-corrected chi connectivity index (χ3v) is 2.98. The van der Waals surface area contributed by atoms with Gasteiger partial charge in [-0.05, 0) is 36.2 Å². The van der Waals surface area contributed by atoms with Gasteiger partial charge in [0.15, 0.2) is 6.29 Å². The number of halogens is 1. The number of carbonyl (C=O) groups is 1. The SMILES string of the molecule is Cc1ccccc1COc1cc(Cl)ccc1C=O. The minimum Gasteiger partial charge on any atom is -0.488 e. The van der Waals surface area contributed by atoms with E-state index in [1.165, 1.54) is 0 Å². The van der Waals surface area contributed by atoms with E-state index in [0.29, 0.717) is 22.9 Å². The molecule has 0 fully saturated rings. The Balaban J connectivity index is 2.18. The molecule has 0 saturated heterocycles. The van der Waals surface area contributed by atoms with Crippen LogP contribution in [0, 0.1) is 6.92 Å². The number of aryl methyl sites for hydroxylation is 1. The van der Waals surface area contributed by atoms with Crippen molar-refractivity contribution in [2.75, 3.05) is 0 Å².